The summed E-state index contributed by atoms with van der Waals surface area (Å²) in [4.78, 5) is 15.9. The van der Waals surface area contributed by atoms with E-state index >= 15 is 0 Å². The highest BCUT2D eigenvalue weighted by molar-refractivity contribution is 7.05. The molecule has 1 heterocycles. The van der Waals surface area contributed by atoms with Crippen LogP contribution in [0.15, 0.2) is 24.3 Å². The van der Waals surface area contributed by atoms with Gasteiger partial charge in [0.25, 0.3) is 0 Å². The zero-order valence-electron chi connectivity index (χ0n) is 11.7. The van der Waals surface area contributed by atoms with Crippen LogP contribution < -0.4 is 0 Å². The molecular weight excluding hydrogens is 272 g/mol. The molecule has 1 atom stereocenters. The molecule has 4 nitrogen and oxygen atoms in total. The standard InChI is InChI=1S/C15H18N2O2S/c1-3-5-13-16-14(20-17-13)12(15(18)19)9-11-7-4-6-10(2)8-11/h4,6-8,12H,3,5,9H2,1-2H3,(H,18,19). The Labute approximate surface area is 122 Å². The monoisotopic (exact) mass is 290 g/mol. The van der Waals surface area contributed by atoms with Gasteiger partial charge in [0.2, 0.25) is 0 Å². The van der Waals surface area contributed by atoms with E-state index in [9.17, 15) is 9.90 Å². The highest BCUT2D eigenvalue weighted by Crippen LogP contribution is 2.24. The van der Waals surface area contributed by atoms with E-state index in [1.165, 1.54) is 11.5 Å². The number of aromatic nitrogens is 2. The number of hydrogen-bond acceptors (Lipinski definition) is 4. The lowest BCUT2D eigenvalue weighted by Crippen LogP contribution is -2.14. The first kappa shape index (κ1) is 14.7. The van der Waals surface area contributed by atoms with E-state index in [4.69, 9.17) is 0 Å². The second kappa shape index (κ2) is 6.61. The van der Waals surface area contributed by atoms with E-state index in [-0.39, 0.29) is 0 Å². The van der Waals surface area contributed by atoms with Crippen molar-refractivity contribution in [3.8, 4) is 0 Å². The number of carboxylic acids is 1. The van der Waals surface area contributed by atoms with Crippen LogP contribution in [0.2, 0.25) is 0 Å². The van der Waals surface area contributed by atoms with Crippen LogP contribution >= 0.6 is 11.5 Å². The minimum absolute atomic E-state index is 0.456. The fourth-order valence-electron chi connectivity index (χ4n) is 2.09. The Kier molecular flexibility index (Phi) is 4.84. The quantitative estimate of drug-likeness (QED) is 0.887. The fraction of sp³-hybridized carbons (Fsp3) is 0.400. The number of aryl methyl sites for hydroxylation is 2. The van der Waals surface area contributed by atoms with E-state index < -0.39 is 11.9 Å². The van der Waals surface area contributed by atoms with Gasteiger partial charge in [-0.2, -0.15) is 4.37 Å². The van der Waals surface area contributed by atoms with Crippen LogP contribution in [0.5, 0.6) is 0 Å². The lowest BCUT2D eigenvalue weighted by atomic mass is 9.99. The summed E-state index contributed by atoms with van der Waals surface area (Å²) < 4.78 is 4.24. The van der Waals surface area contributed by atoms with Crippen LogP contribution in [0.3, 0.4) is 0 Å². The van der Waals surface area contributed by atoms with Gasteiger partial charge >= 0.3 is 5.97 Å². The first-order valence-corrected chi connectivity index (χ1v) is 7.48. The van der Waals surface area contributed by atoms with Gasteiger partial charge in [0.05, 0.1) is 0 Å². The second-order valence-corrected chi connectivity index (χ2v) is 5.67. The number of rotatable bonds is 6. The van der Waals surface area contributed by atoms with Gasteiger partial charge in [-0.05, 0) is 36.9 Å². The van der Waals surface area contributed by atoms with Crippen LogP contribution in [0.1, 0.15) is 41.2 Å². The van der Waals surface area contributed by atoms with Crippen LogP contribution in [0.4, 0.5) is 0 Å². The molecule has 2 rings (SSSR count). The van der Waals surface area contributed by atoms with E-state index in [2.05, 4.69) is 16.3 Å². The van der Waals surface area contributed by atoms with Crippen molar-refractivity contribution in [2.45, 2.75) is 39.0 Å². The molecule has 0 amide bonds. The number of carbonyl (C=O) groups is 1. The van der Waals surface area contributed by atoms with Gasteiger partial charge in [0.15, 0.2) is 0 Å². The first-order valence-electron chi connectivity index (χ1n) is 6.71. The molecule has 0 aliphatic heterocycles. The number of nitrogens with zero attached hydrogens (tertiary/aromatic N) is 2. The Morgan fingerprint density at radius 1 is 1.45 bits per heavy atom. The summed E-state index contributed by atoms with van der Waals surface area (Å²) in [5.41, 5.74) is 2.15. The van der Waals surface area contributed by atoms with Gasteiger partial charge in [-0.1, -0.05) is 36.8 Å². The average Bonchev–Trinajstić information content (AvgIpc) is 2.84. The maximum absolute atomic E-state index is 11.5. The second-order valence-electron chi connectivity index (χ2n) is 4.88. The largest absolute Gasteiger partial charge is 0.481 e. The third kappa shape index (κ3) is 3.63. The smallest absolute Gasteiger partial charge is 0.313 e. The minimum atomic E-state index is -0.842. The highest BCUT2D eigenvalue weighted by Gasteiger charge is 2.24. The molecule has 1 aromatic heterocycles. The fourth-order valence-corrected chi connectivity index (χ4v) is 2.88. The van der Waals surface area contributed by atoms with Crippen molar-refractivity contribution in [3.05, 3.63) is 46.2 Å². The van der Waals surface area contributed by atoms with Crippen molar-refractivity contribution in [2.24, 2.45) is 0 Å². The minimum Gasteiger partial charge on any atom is -0.481 e. The van der Waals surface area contributed by atoms with Gasteiger partial charge in [-0.15, -0.1) is 0 Å². The summed E-state index contributed by atoms with van der Waals surface area (Å²) in [6.07, 6.45) is 2.22. The van der Waals surface area contributed by atoms with Gasteiger partial charge in [-0.3, -0.25) is 4.79 Å². The SMILES string of the molecule is CCCc1nsc(C(Cc2cccc(C)c2)C(=O)O)n1. The molecule has 1 N–H and O–H groups in total. The predicted molar refractivity (Wildman–Crippen MR) is 79.2 cm³/mol. The normalized spacial score (nSPS) is 12.3. The van der Waals surface area contributed by atoms with Gasteiger partial charge < -0.3 is 5.11 Å². The van der Waals surface area contributed by atoms with E-state index in [1.54, 1.807) is 0 Å². The molecule has 0 fully saturated rings. The number of carboxylic acid groups (broad SMARTS) is 1. The van der Waals surface area contributed by atoms with E-state index in [1.807, 2.05) is 31.2 Å². The van der Waals surface area contributed by atoms with E-state index in [0.717, 1.165) is 29.8 Å². The molecule has 106 valence electrons. The highest BCUT2D eigenvalue weighted by atomic mass is 32.1. The molecule has 1 unspecified atom stereocenters. The molecular formula is C15H18N2O2S. The molecule has 5 heteroatoms. The van der Waals surface area contributed by atoms with Gasteiger partial charge in [0, 0.05) is 6.42 Å². The molecule has 0 bridgehead atoms. The summed E-state index contributed by atoms with van der Waals surface area (Å²) in [7, 11) is 0. The molecule has 0 aliphatic rings. The zero-order valence-corrected chi connectivity index (χ0v) is 12.5. The lowest BCUT2D eigenvalue weighted by molar-refractivity contribution is -0.138. The third-order valence-electron chi connectivity index (χ3n) is 3.08. The Bertz CT molecular complexity index is 595. The maximum Gasteiger partial charge on any atom is 0.313 e. The topological polar surface area (TPSA) is 63.1 Å². The van der Waals surface area contributed by atoms with Crippen LogP contribution in [-0.4, -0.2) is 20.4 Å². The lowest BCUT2D eigenvalue weighted by Gasteiger charge is -2.09. The molecule has 0 aliphatic carbocycles. The number of benzene rings is 1. The van der Waals surface area contributed by atoms with Crippen LogP contribution in [-0.2, 0) is 17.6 Å². The van der Waals surface area contributed by atoms with E-state index in [0.29, 0.717) is 11.4 Å². The number of hydrogen-bond donors (Lipinski definition) is 1. The summed E-state index contributed by atoms with van der Waals surface area (Å²) in [5, 5.41) is 10.0. The van der Waals surface area contributed by atoms with Crippen molar-refractivity contribution in [1.29, 1.82) is 0 Å². The summed E-state index contributed by atoms with van der Waals surface area (Å²) in [6.45, 7) is 4.06. The van der Waals surface area contributed by atoms with Crippen LogP contribution in [0, 0.1) is 6.92 Å². The molecule has 0 radical (unpaired) electrons. The summed E-state index contributed by atoms with van der Waals surface area (Å²) >= 11 is 1.21. The van der Waals surface area contributed by atoms with Crippen molar-refractivity contribution in [3.63, 3.8) is 0 Å². The molecule has 2 aromatic rings. The molecule has 20 heavy (non-hydrogen) atoms. The first-order chi connectivity index (χ1) is 9.60. The Morgan fingerprint density at radius 3 is 2.90 bits per heavy atom. The molecule has 0 saturated heterocycles. The van der Waals surface area contributed by atoms with Gasteiger partial charge in [-0.25, -0.2) is 4.98 Å². The average molecular weight is 290 g/mol. The predicted octanol–water partition coefficient (Wildman–Crippen LogP) is 3.21. The molecule has 0 saturated carbocycles. The zero-order chi connectivity index (χ0) is 14.5. The summed E-state index contributed by atoms with van der Waals surface area (Å²) in [5.74, 6) is -0.700. The number of aliphatic carboxylic acids is 1. The maximum atomic E-state index is 11.5. The van der Waals surface area contributed by atoms with Crippen molar-refractivity contribution in [1.82, 2.24) is 9.36 Å². The van der Waals surface area contributed by atoms with Crippen LogP contribution in [0.25, 0.3) is 0 Å². The Morgan fingerprint density at radius 2 is 2.25 bits per heavy atom. The third-order valence-corrected chi connectivity index (χ3v) is 3.94. The van der Waals surface area contributed by atoms with Crippen molar-refractivity contribution < 1.29 is 9.90 Å². The Balaban J connectivity index is 2.20. The van der Waals surface area contributed by atoms with Gasteiger partial charge in [0.1, 0.15) is 16.7 Å². The molecule has 0 spiro atoms. The van der Waals surface area contributed by atoms with Crippen molar-refractivity contribution in [2.75, 3.05) is 0 Å². The Hall–Kier alpha value is -1.75. The summed E-state index contributed by atoms with van der Waals surface area (Å²) in [6, 6.07) is 7.93. The van der Waals surface area contributed by atoms with Crippen molar-refractivity contribution >= 4 is 17.5 Å². The molecule has 1 aromatic carbocycles.